The molecular weight excluding hydrogens is 238 g/mol. The maximum atomic E-state index is 11.4. The summed E-state index contributed by atoms with van der Waals surface area (Å²) in [6.07, 6.45) is 0.450. The van der Waals surface area contributed by atoms with Gasteiger partial charge in [0, 0.05) is 12.1 Å². The minimum absolute atomic E-state index is 0.0729. The second kappa shape index (κ2) is 4.79. The molecule has 4 nitrogen and oxygen atoms in total. The van der Waals surface area contributed by atoms with Crippen molar-refractivity contribution in [1.29, 1.82) is 0 Å². The third-order valence-electron chi connectivity index (χ3n) is 2.90. The van der Waals surface area contributed by atoms with Crippen LogP contribution in [0.2, 0.25) is 0 Å². The lowest BCUT2D eigenvalue weighted by atomic mass is 10.1. The van der Waals surface area contributed by atoms with Crippen molar-refractivity contribution in [3.8, 4) is 0 Å². The minimum Gasteiger partial charge on any atom is -0.480 e. The number of carbonyl (C=O) groups is 2. The molecule has 0 aliphatic carbocycles. The van der Waals surface area contributed by atoms with E-state index in [-0.39, 0.29) is 18.1 Å². The van der Waals surface area contributed by atoms with Crippen LogP contribution in [0.15, 0.2) is 24.3 Å². The molecule has 0 amide bonds. The molecule has 5 heteroatoms. The Balaban J connectivity index is 2.30. The molecular formula is C12H13NO3S. The Morgan fingerprint density at radius 2 is 2.12 bits per heavy atom. The lowest BCUT2D eigenvalue weighted by Gasteiger charge is -2.23. The van der Waals surface area contributed by atoms with Crippen molar-refractivity contribution < 1.29 is 14.7 Å². The van der Waals surface area contributed by atoms with Crippen molar-refractivity contribution in [3.63, 3.8) is 0 Å². The number of Topliss-reactive ketones (excluding diaryl/α,β-unsaturated/α-hetero) is 1. The van der Waals surface area contributed by atoms with E-state index < -0.39 is 12.0 Å². The van der Waals surface area contributed by atoms with Crippen molar-refractivity contribution in [1.82, 2.24) is 0 Å². The van der Waals surface area contributed by atoms with Crippen LogP contribution in [0, 0.1) is 0 Å². The van der Waals surface area contributed by atoms with Crippen molar-refractivity contribution in [3.05, 3.63) is 29.8 Å². The number of fused-ring (bicyclic) bond motifs is 1. The van der Waals surface area contributed by atoms with Crippen molar-refractivity contribution in [2.24, 2.45) is 0 Å². The highest BCUT2D eigenvalue weighted by molar-refractivity contribution is 7.81. The summed E-state index contributed by atoms with van der Waals surface area (Å²) in [5.74, 6) is -0.838. The predicted octanol–water partition coefficient (Wildman–Crippen LogP) is 1.00. The molecule has 2 rings (SSSR count). The fraction of sp³-hybridized carbons (Fsp3) is 0.333. The van der Waals surface area contributed by atoms with Gasteiger partial charge in [0.25, 0.3) is 0 Å². The van der Waals surface area contributed by atoms with E-state index in [9.17, 15) is 9.59 Å². The van der Waals surface area contributed by atoms with Gasteiger partial charge in [-0.3, -0.25) is 4.79 Å². The summed E-state index contributed by atoms with van der Waals surface area (Å²) < 4.78 is 0. The monoisotopic (exact) mass is 251 g/mol. The Hall–Kier alpha value is -1.49. The average Bonchev–Trinajstić information content (AvgIpc) is 2.68. The van der Waals surface area contributed by atoms with Crippen LogP contribution in [0.4, 0.5) is 5.69 Å². The minimum atomic E-state index is -0.895. The van der Waals surface area contributed by atoms with Gasteiger partial charge >= 0.3 is 5.97 Å². The van der Waals surface area contributed by atoms with Gasteiger partial charge in [-0.2, -0.15) is 12.6 Å². The quantitative estimate of drug-likeness (QED) is 0.784. The number of carboxylic acids is 1. The van der Waals surface area contributed by atoms with Crippen LogP contribution in [0.3, 0.4) is 0 Å². The largest absolute Gasteiger partial charge is 0.480 e. The number of para-hydroxylation sites is 1. The zero-order chi connectivity index (χ0) is 12.4. The molecule has 1 aromatic carbocycles. The third kappa shape index (κ3) is 2.29. The van der Waals surface area contributed by atoms with E-state index in [1.807, 2.05) is 24.3 Å². The van der Waals surface area contributed by atoms with Crippen LogP contribution in [0.25, 0.3) is 0 Å². The first-order valence-corrected chi connectivity index (χ1v) is 5.96. The molecule has 1 aromatic rings. The molecule has 1 heterocycles. The molecule has 0 spiro atoms. The van der Waals surface area contributed by atoms with Crippen molar-refractivity contribution in [2.75, 3.05) is 17.2 Å². The van der Waals surface area contributed by atoms with Crippen molar-refractivity contribution in [2.45, 2.75) is 12.5 Å². The normalized spacial score (nSPS) is 17.9. The van der Waals surface area contributed by atoms with E-state index in [4.69, 9.17) is 5.11 Å². The smallest absolute Gasteiger partial charge is 0.326 e. The first-order valence-electron chi connectivity index (χ1n) is 5.33. The third-order valence-corrected chi connectivity index (χ3v) is 3.25. The van der Waals surface area contributed by atoms with Gasteiger partial charge in [-0.25, -0.2) is 4.79 Å². The van der Waals surface area contributed by atoms with Gasteiger partial charge in [-0.1, -0.05) is 18.2 Å². The number of rotatable bonds is 4. The highest BCUT2D eigenvalue weighted by atomic mass is 32.1. The fourth-order valence-corrected chi connectivity index (χ4v) is 2.21. The number of carbonyl (C=O) groups excluding carboxylic acids is 1. The van der Waals surface area contributed by atoms with Crippen molar-refractivity contribution >= 4 is 30.1 Å². The van der Waals surface area contributed by atoms with Gasteiger partial charge in [-0.15, -0.1) is 0 Å². The summed E-state index contributed by atoms with van der Waals surface area (Å²) in [5.41, 5.74) is 1.82. The van der Waals surface area contributed by atoms with E-state index in [0.717, 1.165) is 11.3 Å². The molecule has 0 unspecified atom stereocenters. The molecule has 0 fully saturated rings. The molecule has 1 N–H and O–H groups in total. The maximum absolute atomic E-state index is 11.4. The molecule has 90 valence electrons. The Labute approximate surface area is 105 Å². The van der Waals surface area contributed by atoms with E-state index in [1.165, 1.54) is 0 Å². The Morgan fingerprint density at radius 1 is 1.41 bits per heavy atom. The summed E-state index contributed by atoms with van der Waals surface area (Å²) >= 11 is 3.92. The highest BCUT2D eigenvalue weighted by Crippen LogP contribution is 2.31. The standard InChI is InChI=1S/C12H13NO3S/c14-9(7-17)6-13-10-4-2-1-3-8(10)5-11(13)12(15)16/h1-4,11,17H,5-7H2,(H,15,16)/t11-/m0/s1. The molecule has 0 saturated heterocycles. The zero-order valence-electron chi connectivity index (χ0n) is 9.17. The van der Waals surface area contributed by atoms with Crippen LogP contribution in [-0.4, -0.2) is 35.2 Å². The number of thiol groups is 1. The van der Waals surface area contributed by atoms with Crippen LogP contribution in [-0.2, 0) is 16.0 Å². The van der Waals surface area contributed by atoms with Gasteiger partial charge in [0.2, 0.25) is 0 Å². The number of ketones is 1. The molecule has 0 aromatic heterocycles. The molecule has 0 bridgehead atoms. The zero-order valence-corrected chi connectivity index (χ0v) is 10.1. The Morgan fingerprint density at radius 3 is 2.76 bits per heavy atom. The number of hydrogen-bond acceptors (Lipinski definition) is 4. The van der Waals surface area contributed by atoms with Crippen LogP contribution in [0.5, 0.6) is 0 Å². The van der Waals surface area contributed by atoms with Gasteiger partial charge in [0.05, 0.1) is 12.3 Å². The number of hydrogen-bond donors (Lipinski definition) is 2. The predicted molar refractivity (Wildman–Crippen MR) is 67.8 cm³/mol. The maximum Gasteiger partial charge on any atom is 0.326 e. The van der Waals surface area contributed by atoms with Crippen LogP contribution >= 0.6 is 12.6 Å². The second-order valence-electron chi connectivity index (χ2n) is 4.01. The summed E-state index contributed by atoms with van der Waals surface area (Å²) in [4.78, 5) is 24.3. The number of benzene rings is 1. The number of carboxylic acid groups (broad SMARTS) is 1. The first kappa shape index (κ1) is 12.0. The SMILES string of the molecule is O=C(CS)CN1c2ccccc2C[C@H]1C(=O)O. The lowest BCUT2D eigenvalue weighted by molar-refractivity contribution is -0.138. The van der Waals surface area contributed by atoms with Gasteiger partial charge in [-0.05, 0) is 11.6 Å². The summed E-state index contributed by atoms with van der Waals surface area (Å²) in [6, 6.07) is 6.83. The Bertz CT molecular complexity index is 461. The van der Waals surface area contributed by atoms with Crippen LogP contribution in [0.1, 0.15) is 5.56 Å². The summed E-state index contributed by atoms with van der Waals surface area (Å²) in [7, 11) is 0. The average molecular weight is 251 g/mol. The van der Waals surface area contributed by atoms with Crippen LogP contribution < -0.4 is 4.90 Å². The van der Waals surface area contributed by atoms with E-state index in [0.29, 0.717) is 6.42 Å². The topological polar surface area (TPSA) is 57.6 Å². The summed E-state index contributed by atoms with van der Waals surface area (Å²) in [5, 5.41) is 9.17. The van der Waals surface area contributed by atoms with Gasteiger partial charge in [0.1, 0.15) is 6.04 Å². The van der Waals surface area contributed by atoms with E-state index in [1.54, 1.807) is 4.90 Å². The Kier molecular flexibility index (Phi) is 3.38. The number of aliphatic carboxylic acids is 1. The number of nitrogens with zero attached hydrogens (tertiary/aromatic N) is 1. The van der Waals surface area contributed by atoms with E-state index in [2.05, 4.69) is 12.6 Å². The van der Waals surface area contributed by atoms with Gasteiger partial charge < -0.3 is 10.0 Å². The first-order chi connectivity index (χ1) is 8.13. The fourth-order valence-electron chi connectivity index (χ4n) is 2.11. The molecule has 17 heavy (non-hydrogen) atoms. The molecule has 1 atom stereocenters. The van der Waals surface area contributed by atoms with E-state index >= 15 is 0 Å². The highest BCUT2D eigenvalue weighted by Gasteiger charge is 2.34. The molecule has 1 aliphatic rings. The molecule has 0 radical (unpaired) electrons. The summed E-state index contributed by atoms with van der Waals surface area (Å²) in [6.45, 7) is 0.109. The molecule has 0 saturated carbocycles. The second-order valence-corrected chi connectivity index (χ2v) is 4.33. The molecule has 1 aliphatic heterocycles. The number of anilines is 1. The van der Waals surface area contributed by atoms with Gasteiger partial charge in [0.15, 0.2) is 5.78 Å². The lowest BCUT2D eigenvalue weighted by Crippen LogP contribution is -2.42.